The Morgan fingerprint density at radius 3 is 2.94 bits per heavy atom. The van der Waals surface area contributed by atoms with Crippen LogP contribution in [0.5, 0.6) is 5.75 Å². The molecule has 2 aliphatic rings. The molecule has 16 heavy (non-hydrogen) atoms. The highest BCUT2D eigenvalue weighted by atomic mass is 16.5. The van der Waals surface area contributed by atoms with Crippen molar-refractivity contribution < 1.29 is 4.74 Å². The molecule has 1 saturated heterocycles. The van der Waals surface area contributed by atoms with E-state index in [1.807, 2.05) is 0 Å². The average Bonchev–Trinajstić information content (AvgIpc) is 2.66. The largest absolute Gasteiger partial charge is 0.488 e. The monoisotopic (exact) mass is 217 g/mol. The second kappa shape index (κ2) is 3.77. The zero-order chi connectivity index (χ0) is 11.1. The van der Waals surface area contributed by atoms with E-state index in [-0.39, 0.29) is 0 Å². The van der Waals surface area contributed by atoms with Gasteiger partial charge in [0.05, 0.1) is 0 Å². The van der Waals surface area contributed by atoms with Gasteiger partial charge in [-0.15, -0.1) is 0 Å². The Labute approximate surface area is 97.2 Å². The molecule has 0 spiro atoms. The fourth-order valence-corrected chi connectivity index (χ4v) is 2.94. The fraction of sp³-hybridized carbons (Fsp3) is 0.571. The third kappa shape index (κ3) is 1.52. The van der Waals surface area contributed by atoms with Gasteiger partial charge in [-0.05, 0) is 32.9 Å². The number of likely N-dealkylation sites (tertiary alicyclic amines) is 1. The summed E-state index contributed by atoms with van der Waals surface area (Å²) in [4.78, 5) is 2.52. The third-order valence-corrected chi connectivity index (χ3v) is 3.92. The lowest BCUT2D eigenvalue weighted by Gasteiger charge is -2.36. The molecule has 0 radical (unpaired) electrons. The van der Waals surface area contributed by atoms with Gasteiger partial charge in [-0.2, -0.15) is 0 Å². The first kappa shape index (κ1) is 10.2. The maximum atomic E-state index is 6.05. The van der Waals surface area contributed by atoms with E-state index in [1.165, 1.54) is 18.5 Å². The molecule has 2 unspecified atom stereocenters. The zero-order valence-corrected chi connectivity index (χ0v) is 10.0. The smallest absolute Gasteiger partial charge is 0.123 e. The lowest BCUT2D eigenvalue weighted by molar-refractivity contribution is 0.0730. The lowest BCUT2D eigenvalue weighted by atomic mass is 9.88. The van der Waals surface area contributed by atoms with Gasteiger partial charge in [0, 0.05) is 24.1 Å². The van der Waals surface area contributed by atoms with Crippen LogP contribution in [0.3, 0.4) is 0 Å². The lowest BCUT2D eigenvalue weighted by Crippen LogP contribution is -2.46. The molecule has 2 heterocycles. The molecule has 1 fully saturated rings. The quantitative estimate of drug-likeness (QED) is 0.717. The Morgan fingerprint density at radius 1 is 1.31 bits per heavy atom. The van der Waals surface area contributed by atoms with Crippen LogP contribution in [0, 0.1) is 0 Å². The predicted molar refractivity (Wildman–Crippen MR) is 64.9 cm³/mol. The number of para-hydroxylation sites is 1. The van der Waals surface area contributed by atoms with Crippen LogP contribution in [0.15, 0.2) is 24.3 Å². The molecule has 0 bridgehead atoms. The molecule has 0 aromatic heterocycles. The van der Waals surface area contributed by atoms with Crippen LogP contribution in [0.4, 0.5) is 0 Å². The molecular formula is C14H19NO. The van der Waals surface area contributed by atoms with Gasteiger partial charge < -0.3 is 4.74 Å². The Hall–Kier alpha value is -1.02. The third-order valence-electron chi connectivity index (χ3n) is 3.92. The van der Waals surface area contributed by atoms with Crippen molar-refractivity contribution in [3.05, 3.63) is 29.8 Å². The van der Waals surface area contributed by atoms with Gasteiger partial charge in [0.15, 0.2) is 0 Å². The molecule has 0 saturated carbocycles. The fourth-order valence-electron chi connectivity index (χ4n) is 2.94. The molecule has 1 aromatic carbocycles. The summed E-state index contributed by atoms with van der Waals surface area (Å²) in [7, 11) is 0. The van der Waals surface area contributed by atoms with Crippen molar-refractivity contribution in [2.45, 2.75) is 38.3 Å². The van der Waals surface area contributed by atoms with Crippen molar-refractivity contribution in [3.63, 3.8) is 0 Å². The van der Waals surface area contributed by atoms with Crippen LogP contribution in [0.1, 0.15) is 31.7 Å². The number of hydrogen-bond donors (Lipinski definition) is 0. The Morgan fingerprint density at radius 2 is 2.12 bits per heavy atom. The van der Waals surface area contributed by atoms with Crippen molar-refractivity contribution in [3.8, 4) is 5.75 Å². The van der Waals surface area contributed by atoms with Gasteiger partial charge >= 0.3 is 0 Å². The zero-order valence-electron chi connectivity index (χ0n) is 10.0. The minimum atomic E-state index is 0.383. The van der Waals surface area contributed by atoms with Gasteiger partial charge in [0.1, 0.15) is 11.9 Å². The Kier molecular flexibility index (Phi) is 2.40. The van der Waals surface area contributed by atoms with Gasteiger partial charge in [0.25, 0.3) is 0 Å². The highest BCUT2D eigenvalue weighted by molar-refractivity contribution is 5.41. The van der Waals surface area contributed by atoms with Gasteiger partial charge in [-0.25, -0.2) is 0 Å². The number of ether oxygens (including phenoxy) is 1. The van der Waals surface area contributed by atoms with Crippen molar-refractivity contribution in [1.29, 1.82) is 0 Å². The highest BCUT2D eigenvalue weighted by Crippen LogP contribution is 2.42. The normalized spacial score (nSPS) is 28.7. The maximum absolute atomic E-state index is 6.05. The van der Waals surface area contributed by atoms with Crippen molar-refractivity contribution >= 4 is 0 Å². The molecule has 2 heteroatoms. The Balaban J connectivity index is 1.82. The Bertz CT molecular complexity index is 388. The molecule has 1 aromatic rings. The number of hydrogen-bond acceptors (Lipinski definition) is 2. The number of nitrogens with zero attached hydrogens (tertiary/aromatic N) is 1. The van der Waals surface area contributed by atoms with Crippen molar-refractivity contribution in [2.24, 2.45) is 0 Å². The molecule has 2 nitrogen and oxygen atoms in total. The van der Waals surface area contributed by atoms with E-state index in [9.17, 15) is 0 Å². The average molecular weight is 217 g/mol. The van der Waals surface area contributed by atoms with E-state index in [0.29, 0.717) is 18.1 Å². The maximum Gasteiger partial charge on any atom is 0.123 e. The first-order valence-corrected chi connectivity index (χ1v) is 6.25. The van der Waals surface area contributed by atoms with Crippen LogP contribution in [0.25, 0.3) is 0 Å². The summed E-state index contributed by atoms with van der Waals surface area (Å²) < 4.78 is 6.05. The van der Waals surface area contributed by atoms with Crippen molar-refractivity contribution in [2.75, 3.05) is 13.1 Å². The van der Waals surface area contributed by atoms with Crippen LogP contribution >= 0.6 is 0 Å². The summed E-state index contributed by atoms with van der Waals surface area (Å²) in [6.07, 6.45) is 1.62. The minimum absolute atomic E-state index is 0.383. The highest BCUT2D eigenvalue weighted by Gasteiger charge is 2.38. The van der Waals surface area contributed by atoms with E-state index in [1.54, 1.807) is 0 Å². The van der Waals surface area contributed by atoms with Crippen LogP contribution in [0.2, 0.25) is 0 Å². The molecule has 0 N–H and O–H groups in total. The number of benzene rings is 1. The molecule has 0 amide bonds. The van der Waals surface area contributed by atoms with Crippen LogP contribution < -0.4 is 4.74 Å². The van der Waals surface area contributed by atoms with E-state index in [0.717, 1.165) is 12.3 Å². The molecule has 0 aliphatic carbocycles. The van der Waals surface area contributed by atoms with E-state index in [2.05, 4.69) is 43.0 Å². The number of rotatable bonds is 1. The van der Waals surface area contributed by atoms with Crippen molar-refractivity contribution in [1.82, 2.24) is 4.90 Å². The number of fused-ring (bicyclic) bond motifs is 3. The second-order valence-electron chi connectivity index (χ2n) is 5.18. The molecular weight excluding hydrogens is 198 g/mol. The van der Waals surface area contributed by atoms with Gasteiger partial charge in [-0.1, -0.05) is 18.2 Å². The molecule has 86 valence electrons. The standard InChI is InChI=1S/C14H19NO/c1-10(2)15-8-7-12-11-5-3-4-6-13(11)16-14(12)9-15/h3-6,10,12,14H,7-9H2,1-2H3. The first-order chi connectivity index (χ1) is 7.75. The summed E-state index contributed by atoms with van der Waals surface area (Å²) in [5.74, 6) is 1.74. The summed E-state index contributed by atoms with van der Waals surface area (Å²) in [5.41, 5.74) is 1.43. The minimum Gasteiger partial charge on any atom is -0.488 e. The predicted octanol–water partition coefficient (Wildman–Crippen LogP) is 2.65. The van der Waals surface area contributed by atoms with Gasteiger partial charge in [-0.3, -0.25) is 4.90 Å². The summed E-state index contributed by atoms with van der Waals surface area (Å²) >= 11 is 0. The summed E-state index contributed by atoms with van der Waals surface area (Å²) in [5, 5.41) is 0. The second-order valence-corrected chi connectivity index (χ2v) is 5.18. The SMILES string of the molecule is CC(C)N1CCC2c3ccccc3OC2C1. The van der Waals surface area contributed by atoms with Crippen LogP contribution in [-0.4, -0.2) is 30.1 Å². The van der Waals surface area contributed by atoms with E-state index < -0.39 is 0 Å². The van der Waals surface area contributed by atoms with E-state index >= 15 is 0 Å². The summed E-state index contributed by atoms with van der Waals surface area (Å²) in [6, 6.07) is 9.15. The molecule has 2 aliphatic heterocycles. The number of piperidine rings is 1. The van der Waals surface area contributed by atoms with Gasteiger partial charge in [0.2, 0.25) is 0 Å². The first-order valence-electron chi connectivity index (χ1n) is 6.25. The topological polar surface area (TPSA) is 12.5 Å². The van der Waals surface area contributed by atoms with Crippen LogP contribution in [-0.2, 0) is 0 Å². The molecule has 3 rings (SSSR count). The summed E-state index contributed by atoms with van der Waals surface area (Å²) in [6.45, 7) is 6.82. The molecule has 2 atom stereocenters. The van der Waals surface area contributed by atoms with E-state index in [4.69, 9.17) is 4.74 Å².